The van der Waals surface area contributed by atoms with Crippen LogP contribution in [0.4, 0.5) is 11.4 Å². The van der Waals surface area contributed by atoms with Gasteiger partial charge < -0.3 is 5.32 Å². The highest BCUT2D eigenvalue weighted by molar-refractivity contribution is 7.99. The van der Waals surface area contributed by atoms with Gasteiger partial charge in [0.1, 0.15) is 0 Å². The van der Waals surface area contributed by atoms with Crippen LogP contribution < -0.4 is 10.0 Å². The van der Waals surface area contributed by atoms with Crippen LogP contribution in [0.5, 0.6) is 0 Å². The number of benzene rings is 3. The summed E-state index contributed by atoms with van der Waals surface area (Å²) in [7, 11) is -3.71. The number of nitrogens with one attached hydrogen (secondary N) is 2. The Labute approximate surface area is 182 Å². The second kappa shape index (κ2) is 9.82. The highest BCUT2D eigenvalue weighted by atomic mass is 32.2. The van der Waals surface area contributed by atoms with Gasteiger partial charge in [-0.15, -0.1) is 11.8 Å². The molecule has 0 aliphatic heterocycles. The van der Waals surface area contributed by atoms with E-state index in [2.05, 4.69) is 10.0 Å². The number of amides is 1. The van der Waals surface area contributed by atoms with Gasteiger partial charge in [0.15, 0.2) is 0 Å². The number of anilines is 2. The molecule has 3 aromatic rings. The monoisotopic (exact) mass is 440 g/mol. The largest absolute Gasteiger partial charge is 0.326 e. The van der Waals surface area contributed by atoms with E-state index in [0.717, 1.165) is 16.0 Å². The van der Waals surface area contributed by atoms with Crippen LogP contribution in [0.25, 0.3) is 0 Å². The summed E-state index contributed by atoms with van der Waals surface area (Å²) in [5.41, 5.74) is 2.87. The van der Waals surface area contributed by atoms with Crippen LogP contribution in [0.1, 0.15) is 17.5 Å². The Hall–Kier alpha value is -2.77. The molecular weight excluding hydrogens is 416 g/mol. The van der Waals surface area contributed by atoms with E-state index in [4.69, 9.17) is 0 Å². The van der Waals surface area contributed by atoms with Gasteiger partial charge in [-0.25, -0.2) is 8.42 Å². The average Bonchev–Trinajstić information content (AvgIpc) is 2.72. The van der Waals surface area contributed by atoms with E-state index >= 15 is 0 Å². The Morgan fingerprint density at radius 1 is 0.867 bits per heavy atom. The summed E-state index contributed by atoms with van der Waals surface area (Å²) in [6, 6.07) is 21.7. The lowest BCUT2D eigenvalue weighted by molar-refractivity contribution is -0.115. The van der Waals surface area contributed by atoms with Crippen molar-refractivity contribution in [1.29, 1.82) is 0 Å². The summed E-state index contributed by atoms with van der Waals surface area (Å²) < 4.78 is 28.1. The number of aryl methyl sites for hydroxylation is 2. The van der Waals surface area contributed by atoms with Gasteiger partial charge in [0.25, 0.3) is 10.0 Å². The minimum Gasteiger partial charge on any atom is -0.326 e. The summed E-state index contributed by atoms with van der Waals surface area (Å²) in [4.78, 5) is 13.4. The predicted octanol–water partition coefficient (Wildman–Crippen LogP) is 5.23. The quantitative estimate of drug-likeness (QED) is 0.471. The van der Waals surface area contributed by atoms with Gasteiger partial charge in [-0.2, -0.15) is 0 Å². The summed E-state index contributed by atoms with van der Waals surface area (Å²) in [5.74, 6) is 0.560. The second-order valence-electron chi connectivity index (χ2n) is 6.86. The number of sulfonamides is 1. The minimum absolute atomic E-state index is 0.109. The molecule has 30 heavy (non-hydrogen) atoms. The Morgan fingerprint density at radius 3 is 2.13 bits per heavy atom. The summed E-state index contributed by atoms with van der Waals surface area (Å²) in [6.45, 7) is 3.72. The predicted molar refractivity (Wildman–Crippen MR) is 124 cm³/mol. The lowest BCUT2D eigenvalue weighted by Crippen LogP contribution is -2.15. The zero-order chi connectivity index (χ0) is 21.6. The van der Waals surface area contributed by atoms with E-state index in [9.17, 15) is 13.2 Å². The third-order valence-electron chi connectivity index (χ3n) is 4.51. The molecule has 5 nitrogen and oxygen atoms in total. The van der Waals surface area contributed by atoms with Crippen LogP contribution >= 0.6 is 11.8 Å². The molecule has 0 aromatic heterocycles. The van der Waals surface area contributed by atoms with Crippen molar-refractivity contribution >= 4 is 39.1 Å². The average molecular weight is 441 g/mol. The first kappa shape index (κ1) is 21.9. The zero-order valence-corrected chi connectivity index (χ0v) is 18.5. The minimum atomic E-state index is -3.71. The summed E-state index contributed by atoms with van der Waals surface area (Å²) in [5, 5.41) is 2.81. The van der Waals surface area contributed by atoms with Gasteiger partial charge >= 0.3 is 0 Å². The first-order valence-corrected chi connectivity index (χ1v) is 12.0. The molecule has 7 heteroatoms. The molecule has 0 radical (unpaired) electrons. The van der Waals surface area contributed by atoms with E-state index in [1.807, 2.05) is 62.4 Å². The van der Waals surface area contributed by atoms with Gasteiger partial charge in [0.05, 0.1) is 10.6 Å². The van der Waals surface area contributed by atoms with Crippen molar-refractivity contribution in [3.05, 3.63) is 83.9 Å². The number of carbonyl (C=O) groups excluding carboxylic acids is 1. The molecule has 0 saturated heterocycles. The molecule has 0 spiro atoms. The molecule has 0 aliphatic rings. The third-order valence-corrected chi connectivity index (χ3v) is 6.89. The zero-order valence-electron chi connectivity index (χ0n) is 16.9. The molecular formula is C23H24N2O3S2. The first-order chi connectivity index (χ1) is 14.3. The molecule has 2 N–H and O–H groups in total. The highest BCUT2D eigenvalue weighted by Gasteiger charge is 2.16. The van der Waals surface area contributed by atoms with Crippen molar-refractivity contribution in [3.8, 4) is 0 Å². The van der Waals surface area contributed by atoms with Crippen molar-refractivity contribution in [2.24, 2.45) is 0 Å². The number of thioether (sulfide) groups is 1. The van der Waals surface area contributed by atoms with Crippen molar-refractivity contribution in [2.75, 3.05) is 15.8 Å². The van der Waals surface area contributed by atoms with E-state index in [0.29, 0.717) is 23.5 Å². The number of carbonyl (C=O) groups is 1. The molecule has 0 fully saturated rings. The van der Waals surface area contributed by atoms with Crippen LogP contribution in [0.2, 0.25) is 0 Å². The normalized spacial score (nSPS) is 11.1. The fourth-order valence-corrected chi connectivity index (χ4v) is 4.96. The van der Waals surface area contributed by atoms with E-state index in [1.165, 1.54) is 12.1 Å². The lowest BCUT2D eigenvalue weighted by atomic mass is 10.1. The van der Waals surface area contributed by atoms with Crippen LogP contribution in [-0.2, 0) is 14.8 Å². The molecule has 3 rings (SSSR count). The summed E-state index contributed by atoms with van der Waals surface area (Å²) in [6.07, 6.45) is 0.369. The van der Waals surface area contributed by atoms with Gasteiger partial charge in [-0.05, 0) is 61.4 Å². The Morgan fingerprint density at radius 2 is 1.50 bits per heavy atom. The molecule has 1 amide bonds. The van der Waals surface area contributed by atoms with E-state index in [-0.39, 0.29) is 10.8 Å². The molecule has 156 valence electrons. The van der Waals surface area contributed by atoms with E-state index < -0.39 is 10.0 Å². The third kappa shape index (κ3) is 5.87. The Kier molecular flexibility index (Phi) is 7.18. The van der Waals surface area contributed by atoms with E-state index in [1.54, 1.807) is 23.9 Å². The molecule has 0 aliphatic carbocycles. The van der Waals surface area contributed by atoms with Gasteiger partial charge in [0.2, 0.25) is 5.91 Å². The Bertz CT molecular complexity index is 1090. The lowest BCUT2D eigenvalue weighted by Gasteiger charge is -2.13. The van der Waals surface area contributed by atoms with Crippen molar-refractivity contribution in [2.45, 2.75) is 30.1 Å². The molecule has 0 saturated carbocycles. The number of rotatable bonds is 8. The fourth-order valence-electron chi connectivity index (χ4n) is 2.89. The topological polar surface area (TPSA) is 75.3 Å². The van der Waals surface area contributed by atoms with Crippen LogP contribution in [0.15, 0.2) is 82.6 Å². The smallest absolute Gasteiger partial charge is 0.261 e. The van der Waals surface area contributed by atoms with Crippen molar-refractivity contribution in [1.82, 2.24) is 0 Å². The van der Waals surface area contributed by atoms with Crippen molar-refractivity contribution in [3.63, 3.8) is 0 Å². The molecule has 0 heterocycles. The maximum absolute atomic E-state index is 12.7. The number of para-hydroxylation sites is 1. The fraction of sp³-hybridized carbons (Fsp3) is 0.174. The number of hydrogen-bond acceptors (Lipinski definition) is 4. The maximum Gasteiger partial charge on any atom is 0.261 e. The summed E-state index contributed by atoms with van der Waals surface area (Å²) >= 11 is 1.62. The van der Waals surface area contributed by atoms with Gasteiger partial charge in [0, 0.05) is 22.8 Å². The van der Waals surface area contributed by atoms with Crippen LogP contribution in [0, 0.1) is 13.8 Å². The first-order valence-electron chi connectivity index (χ1n) is 9.52. The maximum atomic E-state index is 12.7. The second-order valence-corrected chi connectivity index (χ2v) is 9.71. The SMILES string of the molecule is Cc1cccc(C)c1NS(=O)(=O)c1ccc(NC(=O)CCSc2ccccc2)cc1. The molecule has 3 aromatic carbocycles. The van der Waals surface area contributed by atoms with Crippen LogP contribution in [0.3, 0.4) is 0 Å². The van der Waals surface area contributed by atoms with Gasteiger partial charge in [-0.1, -0.05) is 36.4 Å². The Balaban J connectivity index is 1.58. The molecule has 0 bridgehead atoms. The highest BCUT2D eigenvalue weighted by Crippen LogP contribution is 2.24. The number of hydrogen-bond donors (Lipinski definition) is 2. The van der Waals surface area contributed by atoms with Gasteiger partial charge in [-0.3, -0.25) is 9.52 Å². The molecule has 0 unspecified atom stereocenters. The van der Waals surface area contributed by atoms with Crippen LogP contribution in [-0.4, -0.2) is 20.1 Å². The molecule has 0 atom stereocenters. The standard InChI is InChI=1S/C23H24N2O3S2/c1-17-7-6-8-18(2)23(17)25-30(27,28)21-13-11-19(12-14-21)24-22(26)15-16-29-20-9-4-3-5-10-20/h3-14,25H,15-16H2,1-2H3,(H,24,26). The van der Waals surface area contributed by atoms with Crippen molar-refractivity contribution < 1.29 is 13.2 Å².